The average Bonchev–Trinajstić information content (AvgIpc) is 2.58. The van der Waals surface area contributed by atoms with Crippen molar-refractivity contribution in [3.05, 3.63) is 71.5 Å². The topological polar surface area (TPSA) is 15.3 Å². The lowest BCUT2D eigenvalue weighted by Gasteiger charge is -2.34. The van der Waals surface area contributed by atoms with Gasteiger partial charge < -0.3 is 5.32 Å². The van der Waals surface area contributed by atoms with Crippen molar-refractivity contribution in [1.29, 1.82) is 0 Å². The number of piperidine rings is 1. The van der Waals surface area contributed by atoms with Crippen LogP contribution in [0.15, 0.2) is 54.6 Å². The van der Waals surface area contributed by atoms with Gasteiger partial charge in [-0.3, -0.25) is 4.90 Å². The van der Waals surface area contributed by atoms with Crippen molar-refractivity contribution in [2.75, 3.05) is 13.1 Å². The minimum Gasteiger partial charge on any atom is -0.307 e. The molecule has 1 aliphatic heterocycles. The summed E-state index contributed by atoms with van der Waals surface area (Å²) in [6, 6.07) is 18.3. The van der Waals surface area contributed by atoms with Crippen LogP contribution in [0.4, 0.5) is 4.39 Å². The predicted octanol–water partition coefficient (Wildman–Crippen LogP) is 4.14. The van der Waals surface area contributed by atoms with Crippen molar-refractivity contribution in [2.24, 2.45) is 0 Å². The molecule has 0 saturated carbocycles. The van der Waals surface area contributed by atoms with Crippen LogP contribution in [0.3, 0.4) is 0 Å². The zero-order valence-corrected chi connectivity index (χ0v) is 13.7. The second-order valence-corrected chi connectivity index (χ2v) is 6.48. The fourth-order valence-corrected chi connectivity index (χ4v) is 3.30. The number of rotatable bonds is 5. The van der Waals surface area contributed by atoms with E-state index < -0.39 is 0 Å². The molecule has 2 aromatic rings. The summed E-state index contributed by atoms with van der Waals surface area (Å²) in [5.41, 5.74) is 2.54. The van der Waals surface area contributed by atoms with E-state index in [9.17, 15) is 4.39 Å². The molecular weight excluding hydrogens is 287 g/mol. The van der Waals surface area contributed by atoms with Crippen LogP contribution in [0.25, 0.3) is 0 Å². The van der Waals surface area contributed by atoms with Gasteiger partial charge in [0.05, 0.1) is 0 Å². The van der Waals surface area contributed by atoms with Gasteiger partial charge in [-0.15, -0.1) is 0 Å². The highest BCUT2D eigenvalue weighted by Crippen LogP contribution is 2.19. The zero-order chi connectivity index (χ0) is 16.1. The lowest BCUT2D eigenvalue weighted by atomic mass is 10.0. The van der Waals surface area contributed by atoms with Gasteiger partial charge in [0.2, 0.25) is 0 Å². The lowest BCUT2D eigenvalue weighted by molar-refractivity contribution is 0.185. The number of nitrogens with one attached hydrogen (secondary N) is 1. The Labute approximate surface area is 138 Å². The fourth-order valence-electron chi connectivity index (χ4n) is 3.30. The number of nitrogens with zero attached hydrogens (tertiary/aromatic N) is 1. The van der Waals surface area contributed by atoms with Crippen molar-refractivity contribution in [2.45, 2.75) is 38.4 Å². The van der Waals surface area contributed by atoms with Crippen LogP contribution in [0.1, 0.15) is 36.9 Å². The number of halogens is 1. The van der Waals surface area contributed by atoms with Gasteiger partial charge in [0.15, 0.2) is 0 Å². The molecule has 1 atom stereocenters. The highest BCUT2D eigenvalue weighted by atomic mass is 19.1. The molecule has 0 spiro atoms. The molecule has 0 aromatic heterocycles. The van der Waals surface area contributed by atoms with E-state index in [1.54, 1.807) is 0 Å². The first kappa shape index (κ1) is 16.2. The first-order valence-electron chi connectivity index (χ1n) is 8.48. The maximum absolute atomic E-state index is 13.0. The third-order valence-electron chi connectivity index (χ3n) is 4.69. The molecule has 1 fully saturated rings. The predicted molar refractivity (Wildman–Crippen MR) is 92.7 cm³/mol. The smallest absolute Gasteiger partial charge is 0.123 e. The molecule has 1 aliphatic rings. The van der Waals surface area contributed by atoms with Gasteiger partial charge in [0.25, 0.3) is 0 Å². The molecule has 0 amide bonds. The molecule has 1 N–H and O–H groups in total. The first-order valence-corrected chi connectivity index (χ1v) is 8.48. The van der Waals surface area contributed by atoms with Crippen LogP contribution < -0.4 is 5.32 Å². The van der Waals surface area contributed by atoms with Crippen LogP contribution in [-0.2, 0) is 6.54 Å². The number of hydrogen-bond donors (Lipinski definition) is 1. The van der Waals surface area contributed by atoms with E-state index in [4.69, 9.17) is 0 Å². The Hall–Kier alpha value is -1.71. The SMILES string of the molecule is C[C@@H](NC1CCN(Cc2ccccc2)CC1)c1ccc(F)cc1. The van der Waals surface area contributed by atoms with Crippen molar-refractivity contribution in [3.8, 4) is 0 Å². The van der Waals surface area contributed by atoms with Crippen molar-refractivity contribution in [1.82, 2.24) is 10.2 Å². The van der Waals surface area contributed by atoms with Gasteiger partial charge in [-0.05, 0) is 56.1 Å². The van der Waals surface area contributed by atoms with E-state index in [1.165, 1.54) is 30.5 Å². The molecule has 1 saturated heterocycles. The van der Waals surface area contributed by atoms with E-state index in [-0.39, 0.29) is 11.9 Å². The van der Waals surface area contributed by atoms with Gasteiger partial charge in [-0.1, -0.05) is 42.5 Å². The average molecular weight is 312 g/mol. The van der Waals surface area contributed by atoms with E-state index in [0.29, 0.717) is 6.04 Å². The Balaban J connectivity index is 1.46. The minimum atomic E-state index is -0.171. The van der Waals surface area contributed by atoms with Crippen LogP contribution in [0.2, 0.25) is 0 Å². The zero-order valence-electron chi connectivity index (χ0n) is 13.7. The van der Waals surface area contributed by atoms with Crippen LogP contribution >= 0.6 is 0 Å². The van der Waals surface area contributed by atoms with Gasteiger partial charge in [0.1, 0.15) is 5.82 Å². The molecule has 2 aromatic carbocycles. The van der Waals surface area contributed by atoms with Gasteiger partial charge in [0, 0.05) is 18.6 Å². The van der Waals surface area contributed by atoms with Crippen LogP contribution in [0.5, 0.6) is 0 Å². The van der Waals surface area contributed by atoms with E-state index >= 15 is 0 Å². The van der Waals surface area contributed by atoms with Gasteiger partial charge in [-0.25, -0.2) is 4.39 Å². The molecule has 0 unspecified atom stereocenters. The van der Waals surface area contributed by atoms with E-state index in [1.807, 2.05) is 12.1 Å². The van der Waals surface area contributed by atoms with E-state index in [0.717, 1.165) is 25.2 Å². The normalized spacial score (nSPS) is 18.0. The van der Waals surface area contributed by atoms with Crippen LogP contribution in [-0.4, -0.2) is 24.0 Å². The number of hydrogen-bond acceptors (Lipinski definition) is 2. The first-order chi connectivity index (χ1) is 11.2. The Morgan fingerprint density at radius 3 is 2.35 bits per heavy atom. The molecule has 3 heteroatoms. The third kappa shape index (κ3) is 4.63. The quantitative estimate of drug-likeness (QED) is 0.892. The second-order valence-electron chi connectivity index (χ2n) is 6.48. The largest absolute Gasteiger partial charge is 0.307 e. The number of benzene rings is 2. The summed E-state index contributed by atoms with van der Waals surface area (Å²) in [5, 5.41) is 3.69. The maximum Gasteiger partial charge on any atom is 0.123 e. The molecule has 0 bridgehead atoms. The monoisotopic (exact) mass is 312 g/mol. The molecule has 122 valence electrons. The Morgan fingerprint density at radius 2 is 1.70 bits per heavy atom. The lowest BCUT2D eigenvalue weighted by Crippen LogP contribution is -2.42. The molecule has 3 rings (SSSR count). The molecular formula is C20H25FN2. The molecule has 2 nitrogen and oxygen atoms in total. The summed E-state index contributed by atoms with van der Waals surface area (Å²) in [6.45, 7) is 5.45. The fraction of sp³-hybridized carbons (Fsp3) is 0.400. The molecule has 23 heavy (non-hydrogen) atoms. The highest BCUT2D eigenvalue weighted by Gasteiger charge is 2.20. The van der Waals surface area contributed by atoms with Crippen molar-refractivity contribution in [3.63, 3.8) is 0 Å². The number of likely N-dealkylation sites (tertiary alicyclic amines) is 1. The van der Waals surface area contributed by atoms with E-state index in [2.05, 4.69) is 47.5 Å². The standard InChI is InChI=1S/C20H25FN2/c1-16(18-7-9-19(21)10-8-18)22-20-11-13-23(14-12-20)15-17-5-3-2-4-6-17/h2-10,16,20,22H,11-15H2,1H3/t16-/m1/s1. The summed E-state index contributed by atoms with van der Waals surface area (Å²) in [4.78, 5) is 2.52. The van der Waals surface area contributed by atoms with Gasteiger partial charge >= 0.3 is 0 Å². The Morgan fingerprint density at radius 1 is 1.04 bits per heavy atom. The summed E-state index contributed by atoms with van der Waals surface area (Å²) in [5.74, 6) is -0.171. The Kier molecular flexibility index (Phi) is 5.42. The van der Waals surface area contributed by atoms with Crippen molar-refractivity contribution >= 4 is 0 Å². The third-order valence-corrected chi connectivity index (χ3v) is 4.69. The molecule has 0 aliphatic carbocycles. The maximum atomic E-state index is 13.0. The van der Waals surface area contributed by atoms with Crippen molar-refractivity contribution < 1.29 is 4.39 Å². The van der Waals surface area contributed by atoms with Crippen LogP contribution in [0, 0.1) is 5.82 Å². The Bertz CT molecular complexity index is 589. The molecule has 0 radical (unpaired) electrons. The highest BCUT2D eigenvalue weighted by molar-refractivity contribution is 5.19. The summed E-state index contributed by atoms with van der Waals surface area (Å²) in [7, 11) is 0. The summed E-state index contributed by atoms with van der Waals surface area (Å²) in [6.07, 6.45) is 2.33. The summed E-state index contributed by atoms with van der Waals surface area (Å²) < 4.78 is 13.0. The second kappa shape index (κ2) is 7.71. The summed E-state index contributed by atoms with van der Waals surface area (Å²) >= 11 is 0. The van der Waals surface area contributed by atoms with Gasteiger partial charge in [-0.2, -0.15) is 0 Å². The molecule has 1 heterocycles. The minimum absolute atomic E-state index is 0.171.